The zero-order chi connectivity index (χ0) is 21.4. The van der Waals surface area contributed by atoms with Crippen LogP contribution in [0.25, 0.3) is 17.3 Å². The Labute approximate surface area is 180 Å². The summed E-state index contributed by atoms with van der Waals surface area (Å²) in [6.07, 6.45) is 2.26. The van der Waals surface area contributed by atoms with Gasteiger partial charge in [0, 0.05) is 30.6 Å². The molecule has 1 N–H and O–H groups in total. The van der Waals surface area contributed by atoms with Crippen molar-refractivity contribution >= 4 is 5.91 Å². The van der Waals surface area contributed by atoms with Gasteiger partial charge in [0.2, 0.25) is 5.89 Å². The Morgan fingerprint density at radius 2 is 1.94 bits per heavy atom. The van der Waals surface area contributed by atoms with Crippen LogP contribution in [0.4, 0.5) is 0 Å². The first-order valence-corrected chi connectivity index (χ1v) is 10.4. The highest BCUT2D eigenvalue weighted by molar-refractivity contribution is 5.94. The molecule has 156 valence electrons. The van der Waals surface area contributed by atoms with Crippen molar-refractivity contribution in [2.75, 3.05) is 0 Å². The Hall–Kier alpha value is -3.74. The predicted molar refractivity (Wildman–Crippen MR) is 116 cm³/mol. The van der Waals surface area contributed by atoms with E-state index < -0.39 is 0 Å². The van der Waals surface area contributed by atoms with Gasteiger partial charge in [-0.2, -0.15) is 5.10 Å². The fraction of sp³-hybridized carbons (Fsp3) is 0.250. The molecule has 0 saturated heterocycles. The van der Waals surface area contributed by atoms with E-state index in [2.05, 4.69) is 21.6 Å². The summed E-state index contributed by atoms with van der Waals surface area (Å²) in [5.41, 5.74) is 5.43. The Kier molecular flexibility index (Phi) is 4.86. The van der Waals surface area contributed by atoms with E-state index in [1.807, 2.05) is 60.1 Å². The van der Waals surface area contributed by atoms with E-state index in [9.17, 15) is 4.79 Å². The molecule has 31 heavy (non-hydrogen) atoms. The van der Waals surface area contributed by atoms with Crippen LogP contribution < -0.4 is 5.32 Å². The second-order valence-corrected chi connectivity index (χ2v) is 7.99. The van der Waals surface area contributed by atoms with Crippen molar-refractivity contribution in [1.29, 1.82) is 0 Å². The Morgan fingerprint density at radius 1 is 1.10 bits per heavy atom. The molecule has 1 saturated carbocycles. The highest BCUT2D eigenvalue weighted by Crippen LogP contribution is 2.42. The third-order valence-corrected chi connectivity index (χ3v) is 5.37. The van der Waals surface area contributed by atoms with E-state index in [1.54, 1.807) is 6.92 Å². The summed E-state index contributed by atoms with van der Waals surface area (Å²) in [5.74, 6) is 1.26. The average molecular weight is 413 g/mol. The number of hydrogen-bond acceptors (Lipinski definition) is 5. The second-order valence-electron chi connectivity index (χ2n) is 7.99. The number of carbonyl (C=O) groups excluding carboxylic acids is 1. The Balaban J connectivity index is 1.41. The molecule has 0 radical (unpaired) electrons. The lowest BCUT2D eigenvalue weighted by Crippen LogP contribution is -2.23. The second kappa shape index (κ2) is 7.83. The van der Waals surface area contributed by atoms with Crippen molar-refractivity contribution in [1.82, 2.24) is 25.3 Å². The van der Waals surface area contributed by atoms with Gasteiger partial charge in [-0.3, -0.25) is 4.79 Å². The molecule has 2 aromatic carbocycles. The molecule has 4 aromatic rings. The Morgan fingerprint density at radius 3 is 2.68 bits per heavy atom. The quantitative estimate of drug-likeness (QED) is 0.508. The monoisotopic (exact) mass is 413 g/mol. The van der Waals surface area contributed by atoms with Crippen molar-refractivity contribution < 1.29 is 9.21 Å². The molecule has 0 unspecified atom stereocenters. The SMILES string of the molecule is Cc1cccc(CNC(=O)c2cccc(-n3nc(-c4nnc(C)o4)cc3C3CC3)c2)c1. The summed E-state index contributed by atoms with van der Waals surface area (Å²) in [5, 5.41) is 15.7. The molecule has 0 atom stereocenters. The standard InChI is InChI=1S/C24H23N5O2/c1-15-5-3-6-17(11-15)14-25-23(30)19-7-4-8-20(12-19)29-22(18-9-10-18)13-21(28-29)24-27-26-16(2)31-24/h3-8,11-13,18H,9-10,14H2,1-2H3,(H,25,30). The van der Waals surface area contributed by atoms with E-state index in [0.717, 1.165) is 29.8 Å². The lowest BCUT2D eigenvalue weighted by molar-refractivity contribution is 0.0951. The van der Waals surface area contributed by atoms with E-state index in [0.29, 0.717) is 35.5 Å². The number of rotatable bonds is 6. The van der Waals surface area contributed by atoms with Gasteiger partial charge >= 0.3 is 0 Å². The summed E-state index contributed by atoms with van der Waals surface area (Å²) in [4.78, 5) is 12.8. The number of hydrogen-bond donors (Lipinski definition) is 1. The zero-order valence-corrected chi connectivity index (χ0v) is 17.5. The molecule has 2 aromatic heterocycles. The Bertz CT molecular complexity index is 1250. The highest BCUT2D eigenvalue weighted by Gasteiger charge is 2.30. The minimum atomic E-state index is -0.115. The summed E-state index contributed by atoms with van der Waals surface area (Å²) >= 11 is 0. The van der Waals surface area contributed by atoms with E-state index in [1.165, 1.54) is 5.56 Å². The first-order chi connectivity index (χ1) is 15.1. The summed E-state index contributed by atoms with van der Waals surface area (Å²) in [6.45, 7) is 4.29. The third-order valence-electron chi connectivity index (χ3n) is 5.37. The van der Waals surface area contributed by atoms with Crippen LogP contribution in [0, 0.1) is 13.8 Å². The first-order valence-electron chi connectivity index (χ1n) is 10.4. The van der Waals surface area contributed by atoms with Crippen molar-refractivity contribution in [2.45, 2.75) is 39.2 Å². The van der Waals surface area contributed by atoms with Crippen LogP contribution in [0.1, 0.15) is 51.8 Å². The minimum absolute atomic E-state index is 0.115. The van der Waals surface area contributed by atoms with Crippen LogP contribution >= 0.6 is 0 Å². The molecule has 0 spiro atoms. The molecule has 1 amide bonds. The third kappa shape index (κ3) is 4.12. The molecule has 0 aliphatic heterocycles. The van der Waals surface area contributed by atoms with Crippen LogP contribution in [0.15, 0.2) is 59.0 Å². The summed E-state index contributed by atoms with van der Waals surface area (Å²) in [6, 6.07) is 17.7. The van der Waals surface area contributed by atoms with Crippen molar-refractivity contribution in [3.8, 4) is 17.3 Å². The van der Waals surface area contributed by atoms with Gasteiger partial charge < -0.3 is 9.73 Å². The van der Waals surface area contributed by atoms with Gasteiger partial charge in [0.1, 0.15) is 5.69 Å². The lowest BCUT2D eigenvalue weighted by Gasteiger charge is -2.10. The smallest absolute Gasteiger partial charge is 0.268 e. The molecule has 2 heterocycles. The maximum absolute atomic E-state index is 12.8. The van der Waals surface area contributed by atoms with Crippen LogP contribution in [-0.2, 0) is 6.54 Å². The van der Waals surface area contributed by atoms with Gasteiger partial charge in [-0.05, 0) is 49.6 Å². The van der Waals surface area contributed by atoms with Crippen molar-refractivity contribution in [3.63, 3.8) is 0 Å². The van der Waals surface area contributed by atoms with E-state index in [-0.39, 0.29) is 5.91 Å². The molecular weight excluding hydrogens is 390 g/mol. The molecule has 1 aliphatic rings. The molecule has 1 fully saturated rings. The maximum atomic E-state index is 12.8. The van der Waals surface area contributed by atoms with Gasteiger partial charge in [-0.25, -0.2) is 4.68 Å². The maximum Gasteiger partial charge on any atom is 0.268 e. The highest BCUT2D eigenvalue weighted by atomic mass is 16.4. The van der Waals surface area contributed by atoms with Gasteiger partial charge in [-0.1, -0.05) is 35.9 Å². The molecule has 0 bridgehead atoms. The number of amides is 1. The number of carbonyl (C=O) groups is 1. The van der Waals surface area contributed by atoms with Gasteiger partial charge in [-0.15, -0.1) is 10.2 Å². The van der Waals surface area contributed by atoms with Crippen molar-refractivity contribution in [3.05, 3.63) is 82.9 Å². The number of aryl methyl sites for hydroxylation is 2. The van der Waals surface area contributed by atoms with Crippen LogP contribution in [0.2, 0.25) is 0 Å². The molecule has 5 rings (SSSR count). The minimum Gasteiger partial charge on any atom is -0.420 e. The number of aromatic nitrogens is 4. The number of nitrogens with zero attached hydrogens (tertiary/aromatic N) is 4. The van der Waals surface area contributed by atoms with Crippen LogP contribution in [-0.4, -0.2) is 25.9 Å². The average Bonchev–Trinajstić information content (AvgIpc) is 3.37. The first kappa shape index (κ1) is 19.2. The summed E-state index contributed by atoms with van der Waals surface area (Å²) < 4.78 is 7.45. The lowest BCUT2D eigenvalue weighted by atomic mass is 10.1. The fourth-order valence-electron chi connectivity index (χ4n) is 3.66. The molecule has 7 heteroatoms. The van der Waals surface area contributed by atoms with Crippen LogP contribution in [0.5, 0.6) is 0 Å². The fourth-order valence-corrected chi connectivity index (χ4v) is 3.66. The number of nitrogens with one attached hydrogen (secondary N) is 1. The molecule has 7 nitrogen and oxygen atoms in total. The van der Waals surface area contributed by atoms with Gasteiger partial charge in [0.25, 0.3) is 11.8 Å². The number of benzene rings is 2. The largest absolute Gasteiger partial charge is 0.420 e. The van der Waals surface area contributed by atoms with Gasteiger partial charge in [0.05, 0.1) is 5.69 Å². The topological polar surface area (TPSA) is 85.8 Å². The normalized spacial score (nSPS) is 13.4. The van der Waals surface area contributed by atoms with Crippen LogP contribution in [0.3, 0.4) is 0 Å². The predicted octanol–water partition coefficient (Wildman–Crippen LogP) is 4.35. The van der Waals surface area contributed by atoms with Gasteiger partial charge in [0.15, 0.2) is 0 Å². The van der Waals surface area contributed by atoms with E-state index in [4.69, 9.17) is 9.52 Å². The molecule has 1 aliphatic carbocycles. The molecular formula is C24H23N5O2. The summed E-state index contributed by atoms with van der Waals surface area (Å²) in [7, 11) is 0. The van der Waals surface area contributed by atoms with E-state index >= 15 is 0 Å². The zero-order valence-electron chi connectivity index (χ0n) is 17.5. The van der Waals surface area contributed by atoms with Crippen molar-refractivity contribution in [2.24, 2.45) is 0 Å².